The van der Waals surface area contributed by atoms with Crippen LogP contribution in [0.25, 0.3) is 0 Å². The van der Waals surface area contributed by atoms with Crippen LogP contribution in [0.5, 0.6) is 5.75 Å². The molecule has 5 rings (SSSR count). The molecule has 4 aromatic carbocycles. The summed E-state index contributed by atoms with van der Waals surface area (Å²) in [4.78, 5) is 19.2. The first-order valence-electron chi connectivity index (χ1n) is 14.3. The molecule has 0 fully saturated rings. The zero-order valence-corrected chi connectivity index (χ0v) is 25.6. The highest BCUT2D eigenvalue weighted by Crippen LogP contribution is 2.42. The number of alkyl halides is 3. The molecule has 2 atom stereocenters. The van der Waals surface area contributed by atoms with Crippen molar-refractivity contribution in [2.75, 3.05) is 13.2 Å². The molecule has 1 heterocycles. The molecule has 0 aromatic heterocycles. The third kappa shape index (κ3) is 7.91. The number of nitrogens with zero attached hydrogens (tertiary/aromatic N) is 1. The normalized spacial score (nSPS) is 17.8. The SMILES string of the molecule is O=C(NNCc1cccc(C(F)(F)F)c1)[C@@]1(Cc2ccc(Br)cc2)N=C(c2ccc(OCCCO)cc2)O[C@H]1c1ccccc1. The number of aliphatic hydroxyl groups excluding tert-OH is 1. The number of benzene rings is 4. The van der Waals surface area contributed by atoms with E-state index >= 15 is 0 Å². The highest BCUT2D eigenvalue weighted by Gasteiger charge is 2.53. The minimum absolute atomic E-state index is 0.0287. The first-order chi connectivity index (χ1) is 21.7. The van der Waals surface area contributed by atoms with Gasteiger partial charge < -0.3 is 14.6 Å². The number of halogens is 4. The van der Waals surface area contributed by atoms with Crippen molar-refractivity contribution in [3.05, 3.63) is 135 Å². The monoisotopic (exact) mass is 681 g/mol. The van der Waals surface area contributed by atoms with Crippen LogP contribution in [0.1, 0.15) is 40.3 Å². The summed E-state index contributed by atoms with van der Waals surface area (Å²) < 4.78 is 52.7. The molecule has 0 radical (unpaired) electrons. The topological polar surface area (TPSA) is 92.2 Å². The van der Waals surface area contributed by atoms with Crippen LogP contribution in [0.3, 0.4) is 0 Å². The minimum atomic E-state index is -4.48. The molecule has 7 nitrogen and oxygen atoms in total. The molecule has 45 heavy (non-hydrogen) atoms. The maximum atomic E-state index is 14.2. The molecule has 1 amide bonds. The van der Waals surface area contributed by atoms with E-state index < -0.39 is 29.3 Å². The summed E-state index contributed by atoms with van der Waals surface area (Å²) in [5.41, 5.74) is 5.79. The van der Waals surface area contributed by atoms with Gasteiger partial charge in [0.15, 0.2) is 11.6 Å². The van der Waals surface area contributed by atoms with Crippen molar-refractivity contribution >= 4 is 27.7 Å². The van der Waals surface area contributed by atoms with Crippen molar-refractivity contribution in [1.29, 1.82) is 0 Å². The van der Waals surface area contributed by atoms with E-state index in [2.05, 4.69) is 26.8 Å². The summed E-state index contributed by atoms with van der Waals surface area (Å²) in [6.45, 7) is 0.351. The molecular weight excluding hydrogens is 651 g/mol. The zero-order valence-electron chi connectivity index (χ0n) is 24.1. The molecular formula is C34H31BrF3N3O4. The van der Waals surface area contributed by atoms with E-state index in [0.717, 1.165) is 27.7 Å². The van der Waals surface area contributed by atoms with Crippen molar-refractivity contribution in [3.63, 3.8) is 0 Å². The molecule has 4 aromatic rings. The smallest absolute Gasteiger partial charge is 0.416 e. The van der Waals surface area contributed by atoms with Crippen molar-refractivity contribution in [2.45, 2.75) is 37.2 Å². The molecule has 3 N–H and O–H groups in total. The lowest BCUT2D eigenvalue weighted by Crippen LogP contribution is -2.53. The Balaban J connectivity index is 1.48. The van der Waals surface area contributed by atoms with Crippen LogP contribution in [-0.4, -0.2) is 35.7 Å². The fourth-order valence-electron chi connectivity index (χ4n) is 5.02. The quantitative estimate of drug-likeness (QED) is 0.117. The van der Waals surface area contributed by atoms with Gasteiger partial charge >= 0.3 is 6.18 Å². The summed E-state index contributed by atoms with van der Waals surface area (Å²) in [6, 6.07) is 28.8. The Bertz CT molecular complexity index is 1620. The van der Waals surface area contributed by atoms with Gasteiger partial charge in [-0.05, 0) is 59.2 Å². The highest BCUT2D eigenvalue weighted by atomic mass is 79.9. The second-order valence-electron chi connectivity index (χ2n) is 10.5. The van der Waals surface area contributed by atoms with Gasteiger partial charge in [-0.2, -0.15) is 13.2 Å². The molecule has 1 aliphatic heterocycles. The third-order valence-corrected chi connectivity index (χ3v) is 7.80. The molecule has 0 saturated heterocycles. The van der Waals surface area contributed by atoms with E-state index in [0.29, 0.717) is 29.9 Å². The maximum Gasteiger partial charge on any atom is 0.416 e. The van der Waals surface area contributed by atoms with Gasteiger partial charge in [-0.1, -0.05) is 76.6 Å². The van der Waals surface area contributed by atoms with Gasteiger partial charge in [0, 0.05) is 36.0 Å². The minimum Gasteiger partial charge on any atom is -0.494 e. The van der Waals surface area contributed by atoms with Crippen LogP contribution < -0.4 is 15.6 Å². The number of rotatable bonds is 12. The van der Waals surface area contributed by atoms with Crippen molar-refractivity contribution in [3.8, 4) is 5.75 Å². The summed E-state index contributed by atoms with van der Waals surface area (Å²) in [5.74, 6) is 0.365. The third-order valence-electron chi connectivity index (χ3n) is 7.27. The molecule has 0 aliphatic carbocycles. The Morgan fingerprint density at radius 2 is 1.69 bits per heavy atom. The second-order valence-corrected chi connectivity index (χ2v) is 11.4. The predicted molar refractivity (Wildman–Crippen MR) is 167 cm³/mol. The molecule has 0 bridgehead atoms. The number of hydrogen-bond donors (Lipinski definition) is 3. The Kier molecular flexibility index (Phi) is 10.2. The lowest BCUT2D eigenvalue weighted by Gasteiger charge is -2.31. The molecule has 11 heteroatoms. The van der Waals surface area contributed by atoms with E-state index in [9.17, 15) is 18.0 Å². The van der Waals surface area contributed by atoms with Gasteiger partial charge in [0.05, 0.1) is 12.2 Å². The number of amides is 1. The summed E-state index contributed by atoms with van der Waals surface area (Å²) in [7, 11) is 0. The van der Waals surface area contributed by atoms with Gasteiger partial charge in [0.25, 0.3) is 5.91 Å². The summed E-state index contributed by atoms with van der Waals surface area (Å²) in [5, 5.41) is 9.02. The first kappa shape index (κ1) is 32.2. The molecule has 0 unspecified atom stereocenters. The van der Waals surface area contributed by atoms with Gasteiger partial charge in [0.2, 0.25) is 5.90 Å². The van der Waals surface area contributed by atoms with Crippen LogP contribution in [0, 0.1) is 0 Å². The Morgan fingerprint density at radius 1 is 0.956 bits per heavy atom. The van der Waals surface area contributed by atoms with Crippen LogP contribution in [0.15, 0.2) is 113 Å². The van der Waals surface area contributed by atoms with Crippen LogP contribution in [0.4, 0.5) is 13.2 Å². The van der Waals surface area contributed by atoms with Crippen molar-refractivity contribution in [2.24, 2.45) is 4.99 Å². The van der Waals surface area contributed by atoms with E-state index in [4.69, 9.17) is 19.6 Å². The average molecular weight is 683 g/mol. The van der Waals surface area contributed by atoms with Gasteiger partial charge in [-0.25, -0.2) is 10.4 Å². The number of carbonyl (C=O) groups is 1. The van der Waals surface area contributed by atoms with E-state index in [1.54, 1.807) is 30.3 Å². The van der Waals surface area contributed by atoms with Crippen molar-refractivity contribution < 1.29 is 32.5 Å². The fraction of sp³-hybridized carbons (Fsp3) is 0.235. The maximum absolute atomic E-state index is 14.2. The number of aliphatic imine (C=N–C) groups is 1. The fourth-order valence-corrected chi connectivity index (χ4v) is 5.28. The van der Waals surface area contributed by atoms with Crippen LogP contribution in [-0.2, 0) is 28.7 Å². The van der Waals surface area contributed by atoms with Crippen LogP contribution in [0.2, 0.25) is 0 Å². The highest BCUT2D eigenvalue weighted by molar-refractivity contribution is 9.10. The standard InChI is InChI=1S/C34H31BrF3N3O4/c35-28-14-10-23(11-15-28)21-33(32(43)41-39-22-24-6-4-9-27(20-24)34(36,37)38)30(25-7-2-1-3-8-25)45-31(40-33)26-12-16-29(17-13-26)44-19-5-18-42/h1-4,6-17,20,30,39,42H,5,18-19,21-22H2,(H,41,43)/t30-,33-/m0/s1. The summed E-state index contributed by atoms with van der Waals surface area (Å²) in [6.07, 6.45) is -4.63. The molecule has 234 valence electrons. The van der Waals surface area contributed by atoms with E-state index in [-0.39, 0.29) is 25.5 Å². The first-order valence-corrected chi connectivity index (χ1v) is 15.1. The number of hydrogen-bond acceptors (Lipinski definition) is 6. The van der Waals surface area contributed by atoms with Gasteiger partial charge in [-0.15, -0.1) is 0 Å². The number of ether oxygens (including phenoxy) is 2. The Morgan fingerprint density at radius 3 is 2.38 bits per heavy atom. The van der Waals surface area contributed by atoms with Gasteiger partial charge in [-0.3, -0.25) is 10.2 Å². The van der Waals surface area contributed by atoms with E-state index in [1.807, 2.05) is 54.6 Å². The Labute approximate surface area is 267 Å². The number of carbonyl (C=O) groups excluding carboxylic acids is 1. The van der Waals surface area contributed by atoms with Crippen LogP contribution >= 0.6 is 15.9 Å². The lowest BCUT2D eigenvalue weighted by atomic mass is 9.82. The zero-order chi connectivity index (χ0) is 31.9. The average Bonchev–Trinajstić information content (AvgIpc) is 3.43. The van der Waals surface area contributed by atoms with Crippen molar-refractivity contribution in [1.82, 2.24) is 10.9 Å². The number of aliphatic hydroxyl groups is 1. The predicted octanol–water partition coefficient (Wildman–Crippen LogP) is 6.55. The molecule has 0 saturated carbocycles. The largest absolute Gasteiger partial charge is 0.494 e. The number of nitrogens with one attached hydrogen (secondary N) is 2. The lowest BCUT2D eigenvalue weighted by molar-refractivity contribution is -0.137. The van der Waals surface area contributed by atoms with E-state index in [1.165, 1.54) is 6.07 Å². The second kappa shape index (κ2) is 14.3. The summed E-state index contributed by atoms with van der Waals surface area (Å²) >= 11 is 3.45. The van der Waals surface area contributed by atoms with Gasteiger partial charge in [0.1, 0.15) is 5.75 Å². The Hall–Kier alpha value is -4.19. The molecule has 1 aliphatic rings. The molecule has 0 spiro atoms. The number of hydrazine groups is 1.